The molecule has 72 valence electrons. The lowest BCUT2D eigenvalue weighted by atomic mass is 10.1. The van der Waals surface area contributed by atoms with Crippen molar-refractivity contribution < 1.29 is 13.2 Å². The second-order valence-corrected chi connectivity index (χ2v) is 2.88. The molecule has 0 heterocycles. The Hall–Kier alpha value is -1.19. The fraction of sp³-hybridized carbons (Fsp3) is 0.333. The molecule has 0 radical (unpaired) electrons. The maximum Gasteiger partial charge on any atom is 0.416 e. The molecule has 13 heavy (non-hydrogen) atoms. The Morgan fingerprint density at radius 1 is 1.31 bits per heavy atom. The van der Waals surface area contributed by atoms with Gasteiger partial charge in [-0.3, -0.25) is 0 Å². The molecule has 2 N–H and O–H groups in total. The first-order valence-corrected chi connectivity index (χ1v) is 3.83. The van der Waals surface area contributed by atoms with E-state index in [4.69, 9.17) is 5.73 Å². The van der Waals surface area contributed by atoms with E-state index in [1.165, 1.54) is 0 Å². The number of hydrogen-bond acceptors (Lipinski definition) is 1. The van der Waals surface area contributed by atoms with Crippen molar-refractivity contribution in [3.05, 3.63) is 35.1 Å². The molecule has 0 amide bonds. The fourth-order valence-electron chi connectivity index (χ4n) is 1.05. The van der Waals surface area contributed by atoms with Gasteiger partial charge in [0.1, 0.15) is 0 Å². The van der Waals surface area contributed by atoms with Crippen molar-refractivity contribution >= 4 is 0 Å². The molecule has 1 nitrogen and oxygen atoms in total. The van der Waals surface area contributed by atoms with Crippen molar-refractivity contribution in [1.82, 2.24) is 0 Å². The zero-order valence-electron chi connectivity index (χ0n) is 7.15. The molecule has 0 saturated carbocycles. The summed E-state index contributed by atoms with van der Waals surface area (Å²) in [5.41, 5.74) is 5.72. The van der Waals surface area contributed by atoms with Crippen molar-refractivity contribution in [2.45, 2.75) is 19.5 Å². The van der Waals surface area contributed by atoms with E-state index >= 15 is 0 Å². The zero-order chi connectivity index (χ0) is 10.1. The van der Waals surface area contributed by atoms with Crippen LogP contribution < -0.4 is 5.73 Å². The van der Waals surface area contributed by atoms with Gasteiger partial charge >= 0.3 is 6.18 Å². The summed E-state index contributed by atoms with van der Waals surface area (Å²) < 4.78 is 36.7. The van der Waals surface area contributed by atoms with Crippen LogP contribution in [0.2, 0.25) is 0 Å². The van der Waals surface area contributed by atoms with Crippen LogP contribution in [0.4, 0.5) is 13.2 Å². The molecule has 1 aliphatic carbocycles. The summed E-state index contributed by atoms with van der Waals surface area (Å²) in [7, 11) is 0. The van der Waals surface area contributed by atoms with Gasteiger partial charge in [-0.1, -0.05) is 12.2 Å². The zero-order valence-corrected chi connectivity index (χ0v) is 7.15. The van der Waals surface area contributed by atoms with Crippen LogP contribution in [0.5, 0.6) is 0 Å². The quantitative estimate of drug-likeness (QED) is 0.622. The Bertz CT molecular complexity index is 294. The average molecular weight is 189 g/mol. The highest BCUT2D eigenvalue weighted by Gasteiger charge is 2.32. The van der Waals surface area contributed by atoms with Crippen LogP contribution >= 0.6 is 0 Å². The Balaban J connectivity index is 3.00. The Kier molecular flexibility index (Phi) is 2.50. The van der Waals surface area contributed by atoms with E-state index in [0.717, 1.165) is 12.2 Å². The molecule has 0 aromatic carbocycles. The van der Waals surface area contributed by atoms with E-state index in [1.54, 1.807) is 13.0 Å². The number of alkyl halides is 3. The van der Waals surface area contributed by atoms with Gasteiger partial charge in [0.2, 0.25) is 0 Å². The summed E-state index contributed by atoms with van der Waals surface area (Å²) >= 11 is 0. The maximum absolute atomic E-state index is 12.2. The van der Waals surface area contributed by atoms with E-state index in [9.17, 15) is 13.2 Å². The molecule has 0 bridgehead atoms. The van der Waals surface area contributed by atoms with Crippen LogP contribution in [0.3, 0.4) is 0 Å². The minimum Gasteiger partial charge on any atom is -0.399 e. The lowest BCUT2D eigenvalue weighted by molar-refractivity contribution is -0.0884. The van der Waals surface area contributed by atoms with Gasteiger partial charge in [-0.25, -0.2) is 0 Å². The predicted octanol–water partition coefficient (Wildman–Crippen LogP) is 2.67. The third-order valence-electron chi connectivity index (χ3n) is 1.83. The monoisotopic (exact) mass is 189 g/mol. The van der Waals surface area contributed by atoms with Crippen LogP contribution in [0.15, 0.2) is 35.1 Å². The fourth-order valence-corrected chi connectivity index (χ4v) is 1.05. The summed E-state index contributed by atoms with van der Waals surface area (Å²) in [6.45, 7) is 1.57. The molecule has 0 atom stereocenters. The molecule has 1 aliphatic rings. The number of hydrogen-bond donors (Lipinski definition) is 1. The topological polar surface area (TPSA) is 26.0 Å². The molecular formula is C9H10F3N. The largest absolute Gasteiger partial charge is 0.416 e. The van der Waals surface area contributed by atoms with Crippen molar-refractivity contribution in [2.75, 3.05) is 0 Å². The third-order valence-corrected chi connectivity index (χ3v) is 1.83. The second kappa shape index (κ2) is 3.28. The predicted molar refractivity (Wildman–Crippen MR) is 44.8 cm³/mol. The molecule has 0 fully saturated rings. The molecule has 0 aliphatic heterocycles. The highest BCUT2D eigenvalue weighted by atomic mass is 19.4. The minimum atomic E-state index is -4.28. The normalized spacial score (nSPS) is 18.6. The van der Waals surface area contributed by atoms with Gasteiger partial charge < -0.3 is 5.73 Å². The number of halogens is 3. The van der Waals surface area contributed by atoms with Gasteiger partial charge in [0.15, 0.2) is 0 Å². The molecule has 0 aromatic rings. The molecule has 0 saturated heterocycles. The van der Waals surface area contributed by atoms with Crippen molar-refractivity contribution in [2.24, 2.45) is 5.73 Å². The third kappa shape index (κ3) is 2.37. The summed E-state index contributed by atoms with van der Waals surface area (Å²) in [5.74, 6) is 0. The first kappa shape index (κ1) is 9.89. The molecule has 0 spiro atoms. The van der Waals surface area contributed by atoms with Crippen molar-refractivity contribution in [3.63, 3.8) is 0 Å². The van der Waals surface area contributed by atoms with Crippen molar-refractivity contribution in [3.8, 4) is 0 Å². The summed E-state index contributed by atoms with van der Waals surface area (Å²) in [5, 5.41) is 0. The smallest absolute Gasteiger partial charge is 0.399 e. The highest BCUT2D eigenvalue weighted by Crippen LogP contribution is 2.29. The summed E-state index contributed by atoms with van der Waals surface area (Å²) in [6.07, 6.45) is -0.277. The van der Waals surface area contributed by atoms with Gasteiger partial charge in [0, 0.05) is 5.70 Å². The molecule has 4 heteroatoms. The highest BCUT2D eigenvalue weighted by molar-refractivity contribution is 5.39. The maximum atomic E-state index is 12.2. The molecule has 1 rings (SSSR count). The van der Waals surface area contributed by atoms with Crippen LogP contribution in [0.25, 0.3) is 0 Å². The molecular weight excluding hydrogens is 179 g/mol. The Labute approximate surface area is 74.4 Å². The average Bonchev–Trinajstić information content (AvgIpc) is 2.13. The number of allylic oxidation sites excluding steroid dienone is 5. The first-order valence-electron chi connectivity index (χ1n) is 3.83. The van der Waals surface area contributed by atoms with Crippen LogP contribution in [-0.2, 0) is 0 Å². The van der Waals surface area contributed by atoms with Crippen LogP contribution in [0.1, 0.15) is 13.3 Å². The van der Waals surface area contributed by atoms with E-state index in [2.05, 4.69) is 0 Å². The van der Waals surface area contributed by atoms with E-state index in [-0.39, 0.29) is 6.42 Å². The molecule has 0 unspecified atom stereocenters. The second-order valence-electron chi connectivity index (χ2n) is 2.88. The first-order chi connectivity index (χ1) is 5.91. The Morgan fingerprint density at radius 2 is 1.92 bits per heavy atom. The minimum absolute atomic E-state index is 0.231. The van der Waals surface area contributed by atoms with Gasteiger partial charge in [-0.15, -0.1) is 0 Å². The van der Waals surface area contributed by atoms with Gasteiger partial charge in [-0.05, 0) is 25.0 Å². The van der Waals surface area contributed by atoms with Crippen LogP contribution in [-0.4, -0.2) is 6.18 Å². The number of nitrogens with two attached hydrogens (primary N) is 1. The van der Waals surface area contributed by atoms with Gasteiger partial charge in [0.25, 0.3) is 0 Å². The molecule has 0 aromatic heterocycles. The number of rotatable bonds is 0. The van der Waals surface area contributed by atoms with E-state index < -0.39 is 11.7 Å². The van der Waals surface area contributed by atoms with Crippen LogP contribution in [0, 0.1) is 0 Å². The summed E-state index contributed by atoms with van der Waals surface area (Å²) in [6, 6.07) is 0. The van der Waals surface area contributed by atoms with E-state index in [1.807, 2.05) is 0 Å². The lowest BCUT2D eigenvalue weighted by Crippen LogP contribution is -2.10. The summed E-state index contributed by atoms with van der Waals surface area (Å²) in [4.78, 5) is 0. The van der Waals surface area contributed by atoms with E-state index in [0.29, 0.717) is 11.3 Å². The van der Waals surface area contributed by atoms with Gasteiger partial charge in [-0.2, -0.15) is 13.2 Å². The SMILES string of the molecule is CC1=CC(C(F)(F)F)=CCC=C1N. The Morgan fingerprint density at radius 3 is 2.46 bits per heavy atom. The van der Waals surface area contributed by atoms with Gasteiger partial charge in [0.05, 0.1) is 5.57 Å². The standard InChI is InChI=1S/C9H10F3N/c1-6-5-7(9(10,11)12)3-2-4-8(6)13/h3-5H,2,13H2,1H3. The van der Waals surface area contributed by atoms with Crippen molar-refractivity contribution in [1.29, 1.82) is 0 Å². The lowest BCUT2D eigenvalue weighted by Gasteiger charge is -2.07.